The van der Waals surface area contributed by atoms with Gasteiger partial charge in [-0.25, -0.2) is 0 Å². The van der Waals surface area contributed by atoms with E-state index in [1.165, 1.54) is 44.9 Å². The van der Waals surface area contributed by atoms with Crippen molar-refractivity contribution in [2.45, 2.75) is 64.9 Å². The number of hydrogen-bond donors (Lipinski definition) is 1. The highest BCUT2D eigenvalue weighted by Crippen LogP contribution is 2.17. The van der Waals surface area contributed by atoms with Gasteiger partial charge >= 0.3 is 6.61 Å². The molecule has 0 fully saturated rings. The SMILES string of the molecule is CCCCCCCCCCNc1ccc(OC(F)F)cc1. The van der Waals surface area contributed by atoms with Crippen LogP contribution in [0.2, 0.25) is 0 Å². The molecule has 0 radical (unpaired) electrons. The molecule has 0 saturated heterocycles. The molecule has 0 spiro atoms. The minimum absolute atomic E-state index is 0.197. The second-order valence-electron chi connectivity index (χ2n) is 5.30. The van der Waals surface area contributed by atoms with Gasteiger partial charge in [-0.2, -0.15) is 8.78 Å². The van der Waals surface area contributed by atoms with Crippen molar-refractivity contribution in [1.29, 1.82) is 0 Å². The van der Waals surface area contributed by atoms with Crippen LogP contribution in [0.5, 0.6) is 5.75 Å². The Morgan fingerprint density at radius 2 is 1.48 bits per heavy atom. The van der Waals surface area contributed by atoms with Gasteiger partial charge in [-0.1, -0.05) is 51.9 Å². The Bertz CT molecular complexity index is 354. The summed E-state index contributed by atoms with van der Waals surface area (Å²) < 4.78 is 28.3. The summed E-state index contributed by atoms with van der Waals surface area (Å²) >= 11 is 0. The molecule has 4 heteroatoms. The second-order valence-corrected chi connectivity index (χ2v) is 5.30. The smallest absolute Gasteiger partial charge is 0.387 e. The van der Waals surface area contributed by atoms with Crippen LogP contribution in [0, 0.1) is 0 Å². The average Bonchev–Trinajstić information content (AvgIpc) is 2.47. The summed E-state index contributed by atoms with van der Waals surface area (Å²) in [6, 6.07) is 6.65. The predicted octanol–water partition coefficient (Wildman–Crippen LogP) is 5.84. The Morgan fingerprint density at radius 3 is 2.05 bits per heavy atom. The van der Waals surface area contributed by atoms with Gasteiger partial charge in [0, 0.05) is 12.2 Å². The van der Waals surface area contributed by atoms with Crippen LogP contribution in [-0.4, -0.2) is 13.2 Å². The Kier molecular flexibility index (Phi) is 9.58. The molecule has 2 nitrogen and oxygen atoms in total. The molecule has 0 amide bonds. The van der Waals surface area contributed by atoms with Gasteiger partial charge in [0.1, 0.15) is 5.75 Å². The van der Waals surface area contributed by atoms with E-state index in [0.29, 0.717) is 0 Å². The molecule has 0 aliphatic carbocycles. The van der Waals surface area contributed by atoms with E-state index in [0.717, 1.165) is 18.7 Å². The van der Waals surface area contributed by atoms with Gasteiger partial charge in [0.15, 0.2) is 0 Å². The molecule has 0 aliphatic rings. The van der Waals surface area contributed by atoms with Crippen LogP contribution in [0.3, 0.4) is 0 Å². The molecule has 0 aromatic heterocycles. The van der Waals surface area contributed by atoms with Crippen molar-refractivity contribution in [1.82, 2.24) is 0 Å². The van der Waals surface area contributed by atoms with Crippen LogP contribution < -0.4 is 10.1 Å². The zero-order chi connectivity index (χ0) is 15.3. The molecule has 1 aromatic rings. The molecule has 1 N–H and O–H groups in total. The van der Waals surface area contributed by atoms with Crippen molar-refractivity contribution in [3.05, 3.63) is 24.3 Å². The van der Waals surface area contributed by atoms with E-state index in [-0.39, 0.29) is 5.75 Å². The number of anilines is 1. The lowest BCUT2D eigenvalue weighted by atomic mass is 10.1. The third-order valence-electron chi connectivity index (χ3n) is 3.44. The van der Waals surface area contributed by atoms with Crippen LogP contribution >= 0.6 is 0 Å². The monoisotopic (exact) mass is 299 g/mol. The summed E-state index contributed by atoms with van der Waals surface area (Å²) in [5, 5.41) is 3.29. The van der Waals surface area contributed by atoms with Gasteiger partial charge < -0.3 is 10.1 Å². The van der Waals surface area contributed by atoms with E-state index in [2.05, 4.69) is 17.0 Å². The van der Waals surface area contributed by atoms with E-state index in [1.807, 2.05) is 0 Å². The van der Waals surface area contributed by atoms with Crippen LogP contribution in [0.4, 0.5) is 14.5 Å². The summed E-state index contributed by atoms with van der Waals surface area (Å²) in [5.41, 5.74) is 0.944. The summed E-state index contributed by atoms with van der Waals surface area (Å²) in [6.07, 6.45) is 10.4. The molecule has 0 bridgehead atoms. The first kappa shape index (κ1) is 17.7. The van der Waals surface area contributed by atoms with E-state index < -0.39 is 6.61 Å². The molecule has 0 saturated carbocycles. The first-order chi connectivity index (χ1) is 10.2. The van der Waals surface area contributed by atoms with Crippen molar-refractivity contribution < 1.29 is 13.5 Å². The number of nitrogens with one attached hydrogen (secondary N) is 1. The normalized spacial score (nSPS) is 10.9. The molecule has 1 rings (SSSR count). The molecule has 0 unspecified atom stereocenters. The van der Waals surface area contributed by atoms with Gasteiger partial charge in [0.25, 0.3) is 0 Å². The van der Waals surface area contributed by atoms with E-state index in [1.54, 1.807) is 24.3 Å². The number of benzene rings is 1. The summed E-state index contributed by atoms with van der Waals surface area (Å²) in [4.78, 5) is 0. The number of alkyl halides is 2. The molecule has 0 aliphatic heterocycles. The van der Waals surface area contributed by atoms with Gasteiger partial charge in [-0.05, 0) is 30.7 Å². The number of hydrogen-bond acceptors (Lipinski definition) is 2. The minimum atomic E-state index is -2.76. The molecule has 21 heavy (non-hydrogen) atoms. The van der Waals surface area contributed by atoms with E-state index >= 15 is 0 Å². The van der Waals surface area contributed by atoms with Crippen LogP contribution in [0.15, 0.2) is 24.3 Å². The molecular weight excluding hydrogens is 272 g/mol. The van der Waals surface area contributed by atoms with Crippen molar-refractivity contribution in [3.63, 3.8) is 0 Å². The average molecular weight is 299 g/mol. The maximum atomic E-state index is 12.0. The molecule has 1 aromatic carbocycles. The van der Waals surface area contributed by atoms with Gasteiger partial charge in [-0.15, -0.1) is 0 Å². The van der Waals surface area contributed by atoms with E-state index in [4.69, 9.17) is 0 Å². The standard InChI is InChI=1S/C17H27F2NO/c1-2-3-4-5-6-7-8-9-14-20-15-10-12-16(13-11-15)21-17(18)19/h10-13,17,20H,2-9,14H2,1H3. The number of rotatable bonds is 12. The fourth-order valence-electron chi connectivity index (χ4n) is 2.25. The minimum Gasteiger partial charge on any atom is -0.435 e. The van der Waals surface area contributed by atoms with Gasteiger partial charge in [0.2, 0.25) is 0 Å². The topological polar surface area (TPSA) is 21.3 Å². The van der Waals surface area contributed by atoms with Crippen LogP contribution in [0.1, 0.15) is 58.3 Å². The Labute approximate surface area is 126 Å². The number of unbranched alkanes of at least 4 members (excludes halogenated alkanes) is 7. The highest BCUT2D eigenvalue weighted by Gasteiger charge is 2.03. The van der Waals surface area contributed by atoms with E-state index in [9.17, 15) is 8.78 Å². The van der Waals surface area contributed by atoms with Crippen molar-refractivity contribution in [2.24, 2.45) is 0 Å². The molecule has 0 atom stereocenters. The zero-order valence-electron chi connectivity index (χ0n) is 12.9. The summed E-state index contributed by atoms with van der Waals surface area (Å²) in [7, 11) is 0. The predicted molar refractivity (Wildman–Crippen MR) is 84.2 cm³/mol. The van der Waals surface area contributed by atoms with Crippen LogP contribution in [0.25, 0.3) is 0 Å². The first-order valence-corrected chi connectivity index (χ1v) is 8.01. The lowest BCUT2D eigenvalue weighted by Crippen LogP contribution is -2.03. The zero-order valence-corrected chi connectivity index (χ0v) is 12.9. The lowest BCUT2D eigenvalue weighted by Gasteiger charge is -2.08. The van der Waals surface area contributed by atoms with Gasteiger partial charge in [0.05, 0.1) is 0 Å². The van der Waals surface area contributed by atoms with Crippen molar-refractivity contribution >= 4 is 5.69 Å². The Hall–Kier alpha value is -1.32. The van der Waals surface area contributed by atoms with Gasteiger partial charge in [-0.3, -0.25) is 0 Å². The summed E-state index contributed by atoms with van der Waals surface area (Å²) in [5.74, 6) is 0.197. The largest absolute Gasteiger partial charge is 0.435 e. The number of ether oxygens (including phenoxy) is 1. The number of halogens is 2. The van der Waals surface area contributed by atoms with Crippen molar-refractivity contribution in [3.8, 4) is 5.75 Å². The highest BCUT2D eigenvalue weighted by molar-refractivity contribution is 5.46. The Morgan fingerprint density at radius 1 is 0.905 bits per heavy atom. The maximum Gasteiger partial charge on any atom is 0.387 e. The highest BCUT2D eigenvalue weighted by atomic mass is 19.3. The maximum absolute atomic E-state index is 12.0. The first-order valence-electron chi connectivity index (χ1n) is 8.01. The second kappa shape index (κ2) is 11.4. The quantitative estimate of drug-likeness (QED) is 0.489. The van der Waals surface area contributed by atoms with Crippen LogP contribution in [-0.2, 0) is 0 Å². The molecule has 0 heterocycles. The molecule has 120 valence electrons. The fourth-order valence-corrected chi connectivity index (χ4v) is 2.25. The third kappa shape index (κ3) is 9.27. The van der Waals surface area contributed by atoms with Crippen molar-refractivity contribution in [2.75, 3.05) is 11.9 Å². The third-order valence-corrected chi connectivity index (χ3v) is 3.44. The lowest BCUT2D eigenvalue weighted by molar-refractivity contribution is -0.0498. The summed E-state index contributed by atoms with van der Waals surface area (Å²) in [6.45, 7) is 0.392. The fraction of sp³-hybridized carbons (Fsp3) is 0.647. The Balaban J connectivity index is 2.02. The molecular formula is C17H27F2NO.